The first-order valence-corrected chi connectivity index (χ1v) is 4.56. The summed E-state index contributed by atoms with van der Waals surface area (Å²) in [5, 5.41) is 2.24. The summed E-state index contributed by atoms with van der Waals surface area (Å²) in [4.78, 5) is 3.76. The Morgan fingerprint density at radius 1 is 1.50 bits per heavy atom. The summed E-state index contributed by atoms with van der Waals surface area (Å²) in [5.41, 5.74) is 3.52. The fraction of sp³-hybridized carbons (Fsp3) is 0.875. The second-order valence-electron chi connectivity index (χ2n) is 3.47. The van der Waals surface area contributed by atoms with Crippen molar-refractivity contribution in [3.8, 4) is 0 Å². The molecule has 1 rings (SSSR count). The van der Waals surface area contributed by atoms with Gasteiger partial charge in [0.1, 0.15) is 5.54 Å². The summed E-state index contributed by atoms with van der Waals surface area (Å²) in [5.74, 6) is -0.110. The van der Waals surface area contributed by atoms with E-state index in [0.717, 1.165) is 6.42 Å². The highest BCUT2D eigenvalue weighted by Crippen LogP contribution is 2.48. The molecule has 0 aromatic rings. The van der Waals surface area contributed by atoms with E-state index in [1.165, 1.54) is 0 Å². The van der Waals surface area contributed by atoms with Crippen LogP contribution in [-0.2, 0) is 0 Å². The summed E-state index contributed by atoms with van der Waals surface area (Å²) in [6.45, 7) is 2.33. The zero-order valence-corrected chi connectivity index (χ0v) is 7.99. The van der Waals surface area contributed by atoms with Crippen molar-refractivity contribution in [3.05, 3.63) is 0 Å². The molecule has 1 saturated carbocycles. The van der Waals surface area contributed by atoms with E-state index in [1.54, 1.807) is 0 Å². The highest BCUT2D eigenvalue weighted by Gasteiger charge is 2.63. The number of guanidine groups is 1. The summed E-state index contributed by atoms with van der Waals surface area (Å²) in [6, 6.07) is 0. The Labute approximate surface area is 80.6 Å². The van der Waals surface area contributed by atoms with E-state index in [9.17, 15) is 13.2 Å². The summed E-state index contributed by atoms with van der Waals surface area (Å²) >= 11 is 0. The highest BCUT2D eigenvalue weighted by atomic mass is 19.4. The molecule has 14 heavy (non-hydrogen) atoms. The van der Waals surface area contributed by atoms with Gasteiger partial charge in [-0.05, 0) is 19.3 Å². The number of rotatable bonds is 3. The summed E-state index contributed by atoms with van der Waals surface area (Å²) < 4.78 is 37.2. The largest absolute Gasteiger partial charge is 0.411 e. The minimum absolute atomic E-state index is 0.0822. The Bertz CT molecular complexity index is 230. The molecule has 1 aliphatic carbocycles. The first-order valence-electron chi connectivity index (χ1n) is 4.56. The number of aliphatic imine (C=N–C) groups is 1. The van der Waals surface area contributed by atoms with Gasteiger partial charge in [-0.15, -0.1) is 0 Å². The zero-order chi connectivity index (χ0) is 10.8. The fourth-order valence-electron chi connectivity index (χ4n) is 1.12. The topological polar surface area (TPSA) is 50.4 Å². The van der Waals surface area contributed by atoms with Gasteiger partial charge in [0.25, 0.3) is 0 Å². The van der Waals surface area contributed by atoms with E-state index in [1.807, 2.05) is 6.92 Å². The van der Waals surface area contributed by atoms with E-state index < -0.39 is 11.7 Å². The average molecular weight is 209 g/mol. The molecule has 1 fully saturated rings. The Morgan fingerprint density at radius 3 is 2.43 bits per heavy atom. The van der Waals surface area contributed by atoms with Crippen LogP contribution in [-0.4, -0.2) is 24.2 Å². The van der Waals surface area contributed by atoms with Gasteiger partial charge in [-0.1, -0.05) is 6.92 Å². The van der Waals surface area contributed by atoms with Crippen LogP contribution in [0.3, 0.4) is 0 Å². The molecule has 0 aromatic carbocycles. The lowest BCUT2D eigenvalue weighted by Crippen LogP contribution is -2.50. The predicted molar refractivity (Wildman–Crippen MR) is 47.9 cm³/mol. The first-order chi connectivity index (χ1) is 6.41. The Kier molecular flexibility index (Phi) is 2.92. The second-order valence-corrected chi connectivity index (χ2v) is 3.47. The van der Waals surface area contributed by atoms with Gasteiger partial charge < -0.3 is 11.1 Å². The van der Waals surface area contributed by atoms with Gasteiger partial charge in [0.05, 0.1) is 0 Å². The molecule has 3 N–H and O–H groups in total. The third-order valence-electron chi connectivity index (χ3n) is 2.17. The number of nitrogens with zero attached hydrogens (tertiary/aromatic N) is 1. The van der Waals surface area contributed by atoms with Crippen LogP contribution in [0, 0.1) is 0 Å². The maximum absolute atomic E-state index is 12.4. The van der Waals surface area contributed by atoms with Crippen LogP contribution in [0.2, 0.25) is 0 Å². The van der Waals surface area contributed by atoms with Gasteiger partial charge >= 0.3 is 6.18 Å². The van der Waals surface area contributed by atoms with Gasteiger partial charge in [0.15, 0.2) is 5.96 Å². The van der Waals surface area contributed by atoms with Crippen LogP contribution in [0.5, 0.6) is 0 Å². The molecule has 0 amide bonds. The molecule has 0 heterocycles. The van der Waals surface area contributed by atoms with E-state index in [4.69, 9.17) is 5.73 Å². The second kappa shape index (κ2) is 3.67. The lowest BCUT2D eigenvalue weighted by molar-refractivity contribution is -0.161. The standard InChI is InChI=1S/C8H14F3N3/c1-2-5-13-6(12)14-7(3-4-7)8(9,10)11/h2-5H2,1H3,(H3,12,13,14). The van der Waals surface area contributed by atoms with Crippen molar-refractivity contribution < 1.29 is 13.2 Å². The maximum atomic E-state index is 12.4. The van der Waals surface area contributed by atoms with Gasteiger partial charge in [-0.3, -0.25) is 4.99 Å². The molecule has 0 atom stereocenters. The fourth-order valence-corrected chi connectivity index (χ4v) is 1.12. The van der Waals surface area contributed by atoms with Crippen molar-refractivity contribution >= 4 is 5.96 Å². The van der Waals surface area contributed by atoms with Gasteiger partial charge in [0, 0.05) is 6.54 Å². The molecule has 0 spiro atoms. The minimum atomic E-state index is -4.24. The number of nitrogens with one attached hydrogen (secondary N) is 1. The van der Waals surface area contributed by atoms with Crippen molar-refractivity contribution in [2.75, 3.05) is 6.54 Å². The molecule has 0 bridgehead atoms. The zero-order valence-electron chi connectivity index (χ0n) is 7.99. The van der Waals surface area contributed by atoms with Gasteiger partial charge in [-0.2, -0.15) is 13.2 Å². The summed E-state index contributed by atoms with van der Waals surface area (Å²) in [7, 11) is 0. The molecule has 0 aromatic heterocycles. The molecular weight excluding hydrogens is 195 g/mol. The lowest BCUT2D eigenvalue weighted by atomic mass is 10.2. The first kappa shape index (κ1) is 11.1. The van der Waals surface area contributed by atoms with Crippen molar-refractivity contribution in [1.82, 2.24) is 5.32 Å². The third kappa shape index (κ3) is 2.30. The van der Waals surface area contributed by atoms with Crippen LogP contribution >= 0.6 is 0 Å². The smallest absolute Gasteiger partial charge is 0.370 e. The quantitative estimate of drug-likeness (QED) is 0.545. The van der Waals surface area contributed by atoms with Crippen LogP contribution in [0.15, 0.2) is 4.99 Å². The molecule has 0 aliphatic heterocycles. The SMILES string of the molecule is CCCN=C(N)NC1(C(F)(F)F)CC1. The Morgan fingerprint density at radius 2 is 2.07 bits per heavy atom. The maximum Gasteiger partial charge on any atom is 0.411 e. The van der Waals surface area contributed by atoms with E-state index in [-0.39, 0.29) is 18.8 Å². The normalized spacial score (nSPS) is 20.7. The van der Waals surface area contributed by atoms with Crippen LogP contribution in [0.25, 0.3) is 0 Å². The van der Waals surface area contributed by atoms with Gasteiger partial charge in [-0.25, -0.2) is 0 Å². The highest BCUT2D eigenvalue weighted by molar-refractivity contribution is 5.79. The Hall–Kier alpha value is -0.940. The lowest BCUT2D eigenvalue weighted by Gasteiger charge is -2.20. The van der Waals surface area contributed by atoms with Crippen LogP contribution in [0.4, 0.5) is 13.2 Å². The van der Waals surface area contributed by atoms with E-state index >= 15 is 0 Å². The molecule has 82 valence electrons. The number of halogens is 3. The minimum Gasteiger partial charge on any atom is -0.370 e. The monoisotopic (exact) mass is 209 g/mol. The molecule has 0 radical (unpaired) electrons. The molecule has 3 nitrogen and oxygen atoms in total. The number of nitrogens with two attached hydrogens (primary N) is 1. The van der Waals surface area contributed by atoms with E-state index in [2.05, 4.69) is 10.3 Å². The summed E-state index contributed by atoms with van der Waals surface area (Å²) in [6.07, 6.45) is -3.31. The molecular formula is C8H14F3N3. The van der Waals surface area contributed by atoms with Crippen molar-refractivity contribution in [3.63, 3.8) is 0 Å². The predicted octanol–water partition coefficient (Wildman–Crippen LogP) is 1.40. The average Bonchev–Trinajstić information content (AvgIpc) is 2.80. The van der Waals surface area contributed by atoms with E-state index in [0.29, 0.717) is 6.54 Å². The Balaban J connectivity index is 2.52. The van der Waals surface area contributed by atoms with Crippen molar-refractivity contribution in [2.24, 2.45) is 10.7 Å². The molecule has 0 unspecified atom stereocenters. The number of alkyl halides is 3. The van der Waals surface area contributed by atoms with Crippen molar-refractivity contribution in [2.45, 2.75) is 37.9 Å². The van der Waals surface area contributed by atoms with Gasteiger partial charge in [0.2, 0.25) is 0 Å². The van der Waals surface area contributed by atoms with Crippen molar-refractivity contribution in [1.29, 1.82) is 0 Å². The molecule has 0 saturated heterocycles. The van der Waals surface area contributed by atoms with Crippen LogP contribution in [0.1, 0.15) is 26.2 Å². The molecule has 1 aliphatic rings. The molecule has 6 heteroatoms. The number of hydrogen-bond acceptors (Lipinski definition) is 1. The number of hydrogen-bond donors (Lipinski definition) is 2. The van der Waals surface area contributed by atoms with Crippen LogP contribution < -0.4 is 11.1 Å². The third-order valence-corrected chi connectivity index (χ3v) is 2.17.